The summed E-state index contributed by atoms with van der Waals surface area (Å²) < 4.78 is 0. The Morgan fingerprint density at radius 1 is 0.905 bits per heavy atom. The number of rotatable bonds is 7. The van der Waals surface area contributed by atoms with Gasteiger partial charge in [-0.2, -0.15) is 0 Å². The number of nitrogens with zero attached hydrogens (tertiary/aromatic N) is 3. The zero-order valence-electron chi connectivity index (χ0n) is 13.8. The topological polar surface area (TPSA) is 18.8 Å². The van der Waals surface area contributed by atoms with Crippen LogP contribution in [0.1, 0.15) is 40.5 Å². The predicted molar refractivity (Wildman–Crippen MR) is 93.6 cm³/mol. The highest BCUT2D eigenvalue weighted by Crippen LogP contribution is 2.18. The molecular formula is C17H28ClN3. The molecule has 0 aromatic heterocycles. The number of benzene rings is 1. The average Bonchev–Trinajstić information content (AvgIpc) is 2.49. The molecule has 4 heteroatoms. The standard InChI is InChI=1S/C17H28ClN3/c1-5-13-21(14-6-2)17(20(7-3)8-4)19-16-11-9-15(18)10-12-16/h9-12H,5-8,13-14H2,1-4H3. The van der Waals surface area contributed by atoms with Crippen LogP contribution in [0.25, 0.3) is 0 Å². The summed E-state index contributed by atoms with van der Waals surface area (Å²) in [4.78, 5) is 9.60. The molecule has 1 aromatic carbocycles. The van der Waals surface area contributed by atoms with Crippen LogP contribution in [0.3, 0.4) is 0 Å². The summed E-state index contributed by atoms with van der Waals surface area (Å²) in [6.07, 6.45) is 2.25. The molecule has 0 bridgehead atoms. The van der Waals surface area contributed by atoms with Crippen molar-refractivity contribution in [3.63, 3.8) is 0 Å². The fourth-order valence-electron chi connectivity index (χ4n) is 2.33. The molecule has 3 nitrogen and oxygen atoms in total. The van der Waals surface area contributed by atoms with E-state index in [4.69, 9.17) is 16.6 Å². The molecule has 0 atom stereocenters. The van der Waals surface area contributed by atoms with Crippen molar-refractivity contribution < 1.29 is 0 Å². The number of hydrogen-bond donors (Lipinski definition) is 0. The second-order valence-electron chi connectivity index (χ2n) is 5.05. The van der Waals surface area contributed by atoms with Gasteiger partial charge >= 0.3 is 0 Å². The van der Waals surface area contributed by atoms with E-state index < -0.39 is 0 Å². The predicted octanol–water partition coefficient (Wildman–Crippen LogP) is 4.79. The molecule has 0 amide bonds. The van der Waals surface area contributed by atoms with Gasteiger partial charge in [0, 0.05) is 31.2 Å². The van der Waals surface area contributed by atoms with Crippen LogP contribution in [-0.4, -0.2) is 41.9 Å². The Bertz CT molecular complexity index is 418. The Morgan fingerprint density at radius 2 is 1.43 bits per heavy atom. The second kappa shape index (κ2) is 9.67. The summed E-state index contributed by atoms with van der Waals surface area (Å²) in [5, 5.41) is 0.748. The lowest BCUT2D eigenvalue weighted by molar-refractivity contribution is 0.330. The second-order valence-corrected chi connectivity index (χ2v) is 5.48. The lowest BCUT2D eigenvalue weighted by atomic mass is 10.3. The fourth-order valence-corrected chi connectivity index (χ4v) is 2.46. The first-order chi connectivity index (χ1) is 10.2. The highest BCUT2D eigenvalue weighted by atomic mass is 35.5. The van der Waals surface area contributed by atoms with Gasteiger partial charge in [0.1, 0.15) is 0 Å². The van der Waals surface area contributed by atoms with Gasteiger partial charge in [0.05, 0.1) is 5.69 Å². The van der Waals surface area contributed by atoms with Crippen LogP contribution in [-0.2, 0) is 0 Å². The van der Waals surface area contributed by atoms with Crippen LogP contribution in [0.4, 0.5) is 5.69 Å². The van der Waals surface area contributed by atoms with Crippen LogP contribution in [0.2, 0.25) is 5.02 Å². The van der Waals surface area contributed by atoms with E-state index in [0.717, 1.165) is 55.7 Å². The highest BCUT2D eigenvalue weighted by Gasteiger charge is 2.15. The number of aliphatic imine (C=N–C) groups is 1. The van der Waals surface area contributed by atoms with Crippen molar-refractivity contribution in [3.8, 4) is 0 Å². The molecule has 0 spiro atoms. The van der Waals surface area contributed by atoms with E-state index in [1.807, 2.05) is 24.3 Å². The van der Waals surface area contributed by atoms with E-state index in [9.17, 15) is 0 Å². The van der Waals surface area contributed by atoms with Crippen molar-refractivity contribution in [1.29, 1.82) is 0 Å². The maximum atomic E-state index is 5.96. The van der Waals surface area contributed by atoms with Crippen molar-refractivity contribution in [3.05, 3.63) is 29.3 Å². The van der Waals surface area contributed by atoms with Crippen LogP contribution >= 0.6 is 11.6 Å². The van der Waals surface area contributed by atoms with Crippen molar-refractivity contribution in [1.82, 2.24) is 9.80 Å². The molecule has 0 heterocycles. The zero-order valence-corrected chi connectivity index (χ0v) is 14.5. The van der Waals surface area contributed by atoms with E-state index >= 15 is 0 Å². The first-order valence-corrected chi connectivity index (χ1v) is 8.38. The molecule has 0 aliphatic carbocycles. The number of guanidine groups is 1. The third-order valence-electron chi connectivity index (χ3n) is 3.37. The van der Waals surface area contributed by atoms with Gasteiger partial charge in [-0.15, -0.1) is 0 Å². The van der Waals surface area contributed by atoms with Crippen molar-refractivity contribution in [2.24, 2.45) is 4.99 Å². The van der Waals surface area contributed by atoms with E-state index in [2.05, 4.69) is 37.5 Å². The fraction of sp³-hybridized carbons (Fsp3) is 0.588. The Hall–Kier alpha value is -1.22. The minimum absolute atomic E-state index is 0.748. The summed E-state index contributed by atoms with van der Waals surface area (Å²) in [5.74, 6) is 1.08. The first kappa shape index (κ1) is 17.8. The number of halogens is 1. The molecule has 1 aromatic rings. The van der Waals surface area contributed by atoms with Gasteiger partial charge in [-0.3, -0.25) is 0 Å². The van der Waals surface area contributed by atoms with E-state index in [1.54, 1.807) is 0 Å². The molecule has 0 saturated heterocycles. The lowest BCUT2D eigenvalue weighted by Crippen LogP contribution is -2.45. The Balaban J connectivity index is 3.12. The van der Waals surface area contributed by atoms with Crippen LogP contribution in [0, 0.1) is 0 Å². The van der Waals surface area contributed by atoms with Crippen LogP contribution in [0.15, 0.2) is 29.3 Å². The first-order valence-electron chi connectivity index (χ1n) is 8.00. The van der Waals surface area contributed by atoms with Crippen molar-refractivity contribution in [2.75, 3.05) is 26.2 Å². The molecule has 21 heavy (non-hydrogen) atoms. The summed E-state index contributed by atoms with van der Waals surface area (Å²) in [7, 11) is 0. The molecule has 0 N–H and O–H groups in total. The normalized spacial score (nSPS) is 11.6. The van der Waals surface area contributed by atoms with Gasteiger partial charge in [0.25, 0.3) is 0 Å². The molecule has 0 aliphatic rings. The maximum absolute atomic E-state index is 5.96. The lowest BCUT2D eigenvalue weighted by Gasteiger charge is -2.33. The Kier molecular flexibility index (Phi) is 8.21. The molecule has 0 fully saturated rings. The summed E-state index contributed by atoms with van der Waals surface area (Å²) >= 11 is 5.96. The Labute approximate surface area is 134 Å². The molecule has 1 rings (SSSR count). The molecule has 0 saturated carbocycles. The van der Waals surface area contributed by atoms with Gasteiger partial charge in [0.15, 0.2) is 0 Å². The highest BCUT2D eigenvalue weighted by molar-refractivity contribution is 6.30. The monoisotopic (exact) mass is 309 g/mol. The molecule has 118 valence electrons. The van der Waals surface area contributed by atoms with Gasteiger partial charge in [0.2, 0.25) is 5.96 Å². The van der Waals surface area contributed by atoms with Gasteiger partial charge in [-0.1, -0.05) is 25.4 Å². The summed E-state index contributed by atoms with van der Waals surface area (Å²) in [6.45, 7) is 12.8. The zero-order chi connectivity index (χ0) is 15.7. The Morgan fingerprint density at radius 3 is 1.86 bits per heavy atom. The molecule has 0 aliphatic heterocycles. The maximum Gasteiger partial charge on any atom is 0.201 e. The van der Waals surface area contributed by atoms with Crippen LogP contribution < -0.4 is 0 Å². The number of hydrogen-bond acceptors (Lipinski definition) is 1. The average molecular weight is 310 g/mol. The van der Waals surface area contributed by atoms with Crippen LogP contribution in [0.5, 0.6) is 0 Å². The SMILES string of the molecule is CCCN(CCC)C(=Nc1ccc(Cl)cc1)N(CC)CC. The molecule has 0 unspecified atom stereocenters. The molecule has 0 radical (unpaired) electrons. The summed E-state index contributed by atoms with van der Waals surface area (Å²) in [5.41, 5.74) is 0.957. The minimum atomic E-state index is 0.748. The quantitative estimate of drug-likeness (QED) is 0.532. The van der Waals surface area contributed by atoms with Gasteiger partial charge in [-0.05, 0) is 51.0 Å². The van der Waals surface area contributed by atoms with Gasteiger partial charge < -0.3 is 9.80 Å². The smallest absolute Gasteiger partial charge is 0.201 e. The third kappa shape index (κ3) is 5.58. The van der Waals surface area contributed by atoms with E-state index in [1.165, 1.54) is 0 Å². The molecular weight excluding hydrogens is 282 g/mol. The van der Waals surface area contributed by atoms with Crippen molar-refractivity contribution in [2.45, 2.75) is 40.5 Å². The van der Waals surface area contributed by atoms with Crippen molar-refractivity contribution >= 4 is 23.2 Å². The largest absolute Gasteiger partial charge is 0.343 e. The van der Waals surface area contributed by atoms with E-state index in [0.29, 0.717) is 0 Å². The minimum Gasteiger partial charge on any atom is -0.343 e. The van der Waals surface area contributed by atoms with E-state index in [-0.39, 0.29) is 0 Å². The summed E-state index contributed by atoms with van der Waals surface area (Å²) in [6, 6.07) is 7.73. The van der Waals surface area contributed by atoms with Gasteiger partial charge in [-0.25, -0.2) is 4.99 Å². The third-order valence-corrected chi connectivity index (χ3v) is 3.62.